The minimum atomic E-state index is -0.628. The van der Waals surface area contributed by atoms with Crippen molar-refractivity contribution in [3.05, 3.63) is 101 Å². The maximum Gasteiger partial charge on any atom is 0.313 e. The molecule has 0 unspecified atom stereocenters. The highest BCUT2D eigenvalue weighted by Gasteiger charge is 2.22. The van der Waals surface area contributed by atoms with Gasteiger partial charge in [0.15, 0.2) is 0 Å². The van der Waals surface area contributed by atoms with Crippen LogP contribution in [0, 0.1) is 13.8 Å². The van der Waals surface area contributed by atoms with Crippen LogP contribution in [-0.2, 0) is 22.7 Å². The van der Waals surface area contributed by atoms with Crippen LogP contribution in [0.3, 0.4) is 0 Å². The van der Waals surface area contributed by atoms with E-state index < -0.39 is 11.8 Å². The van der Waals surface area contributed by atoms with Crippen LogP contribution in [0.4, 0.5) is 5.69 Å². The molecule has 1 N–H and O–H groups in total. The fraction of sp³-hybridized carbons (Fsp3) is 0.167. The highest BCUT2D eigenvalue weighted by Crippen LogP contribution is 2.15. The monoisotopic (exact) mass is 372 g/mol. The molecule has 0 bridgehead atoms. The van der Waals surface area contributed by atoms with Gasteiger partial charge in [0.1, 0.15) is 0 Å². The zero-order chi connectivity index (χ0) is 19.9. The molecule has 0 atom stereocenters. The largest absolute Gasteiger partial charge is 0.326 e. The zero-order valence-electron chi connectivity index (χ0n) is 16.2. The number of aryl methyl sites for hydroxylation is 2. The average molecular weight is 372 g/mol. The standard InChI is InChI=1S/C24H24N2O2/c1-18-13-19(2)15-22(14-18)25-23(27)24(28)26(16-20-9-5-3-6-10-20)17-21-11-7-4-8-12-21/h3-15H,16-17H2,1-2H3,(H,25,27). The van der Waals surface area contributed by atoms with Gasteiger partial charge in [-0.15, -0.1) is 0 Å². The summed E-state index contributed by atoms with van der Waals surface area (Å²) in [5, 5.41) is 2.75. The van der Waals surface area contributed by atoms with Crippen LogP contribution in [0.5, 0.6) is 0 Å². The third-order valence-electron chi connectivity index (χ3n) is 4.39. The lowest BCUT2D eigenvalue weighted by molar-refractivity contribution is -0.144. The van der Waals surface area contributed by atoms with Crippen LogP contribution in [0.2, 0.25) is 0 Å². The summed E-state index contributed by atoms with van der Waals surface area (Å²) in [5.74, 6) is -1.18. The minimum Gasteiger partial charge on any atom is -0.326 e. The number of anilines is 1. The Labute approximate surface area is 165 Å². The molecule has 0 radical (unpaired) electrons. The van der Waals surface area contributed by atoms with Crippen LogP contribution in [-0.4, -0.2) is 16.7 Å². The van der Waals surface area contributed by atoms with Crippen molar-refractivity contribution < 1.29 is 9.59 Å². The van der Waals surface area contributed by atoms with Crippen molar-refractivity contribution >= 4 is 17.5 Å². The molecule has 4 heteroatoms. The summed E-state index contributed by atoms with van der Waals surface area (Å²) in [6.07, 6.45) is 0. The molecule has 0 aromatic heterocycles. The van der Waals surface area contributed by atoms with Crippen molar-refractivity contribution in [3.63, 3.8) is 0 Å². The smallest absolute Gasteiger partial charge is 0.313 e. The molecule has 4 nitrogen and oxygen atoms in total. The van der Waals surface area contributed by atoms with Crippen LogP contribution < -0.4 is 5.32 Å². The fourth-order valence-corrected chi connectivity index (χ4v) is 3.18. The second-order valence-electron chi connectivity index (χ2n) is 6.96. The number of carbonyl (C=O) groups is 2. The Balaban J connectivity index is 1.79. The molecular weight excluding hydrogens is 348 g/mol. The average Bonchev–Trinajstić information content (AvgIpc) is 2.67. The van der Waals surface area contributed by atoms with Crippen LogP contribution in [0.25, 0.3) is 0 Å². The molecule has 28 heavy (non-hydrogen) atoms. The van der Waals surface area contributed by atoms with E-state index in [0.29, 0.717) is 18.8 Å². The molecule has 0 saturated heterocycles. The normalized spacial score (nSPS) is 10.4. The van der Waals surface area contributed by atoms with Gasteiger partial charge in [-0.3, -0.25) is 9.59 Å². The molecule has 0 aliphatic carbocycles. The lowest BCUT2D eigenvalue weighted by atomic mass is 10.1. The van der Waals surface area contributed by atoms with Crippen molar-refractivity contribution in [1.29, 1.82) is 0 Å². The van der Waals surface area contributed by atoms with Crippen molar-refractivity contribution in [2.24, 2.45) is 0 Å². The molecule has 3 rings (SSSR count). The molecule has 0 spiro atoms. The highest BCUT2D eigenvalue weighted by molar-refractivity contribution is 6.39. The predicted octanol–water partition coefficient (Wildman–Crippen LogP) is 4.47. The van der Waals surface area contributed by atoms with Gasteiger partial charge < -0.3 is 10.2 Å². The van der Waals surface area contributed by atoms with E-state index in [9.17, 15) is 9.59 Å². The summed E-state index contributed by atoms with van der Waals surface area (Å²) < 4.78 is 0. The van der Waals surface area contributed by atoms with E-state index in [1.807, 2.05) is 92.7 Å². The third-order valence-corrected chi connectivity index (χ3v) is 4.39. The van der Waals surface area contributed by atoms with Gasteiger partial charge in [-0.2, -0.15) is 0 Å². The second-order valence-corrected chi connectivity index (χ2v) is 6.96. The molecular formula is C24H24N2O2. The molecule has 0 aliphatic rings. The van der Waals surface area contributed by atoms with E-state index in [-0.39, 0.29) is 0 Å². The van der Waals surface area contributed by atoms with Gasteiger partial charge in [-0.1, -0.05) is 66.7 Å². The Kier molecular flexibility index (Phi) is 6.22. The van der Waals surface area contributed by atoms with Gasteiger partial charge in [-0.05, 0) is 48.2 Å². The van der Waals surface area contributed by atoms with E-state index >= 15 is 0 Å². The predicted molar refractivity (Wildman–Crippen MR) is 112 cm³/mol. The molecule has 0 aliphatic heterocycles. The van der Waals surface area contributed by atoms with Crippen molar-refractivity contribution in [1.82, 2.24) is 4.90 Å². The lowest BCUT2D eigenvalue weighted by Gasteiger charge is -2.22. The number of benzene rings is 3. The second kappa shape index (κ2) is 9.00. The number of carbonyl (C=O) groups excluding carboxylic acids is 2. The van der Waals surface area contributed by atoms with E-state index in [2.05, 4.69) is 5.32 Å². The number of amides is 2. The molecule has 0 heterocycles. The number of hydrogen-bond donors (Lipinski definition) is 1. The molecule has 0 saturated carbocycles. The Morgan fingerprint density at radius 2 is 1.21 bits per heavy atom. The molecule has 3 aromatic rings. The summed E-state index contributed by atoms with van der Waals surface area (Å²) in [6, 6.07) is 25.1. The van der Waals surface area contributed by atoms with Crippen LogP contribution >= 0.6 is 0 Å². The van der Waals surface area contributed by atoms with Crippen LogP contribution in [0.15, 0.2) is 78.9 Å². The summed E-state index contributed by atoms with van der Waals surface area (Å²) in [6.45, 7) is 4.66. The van der Waals surface area contributed by atoms with Gasteiger partial charge >= 0.3 is 11.8 Å². The SMILES string of the molecule is Cc1cc(C)cc(NC(=O)C(=O)N(Cc2ccccc2)Cc2ccccc2)c1. The van der Waals surface area contributed by atoms with Gasteiger partial charge in [0.05, 0.1) is 0 Å². The van der Waals surface area contributed by atoms with Crippen molar-refractivity contribution in [2.45, 2.75) is 26.9 Å². The number of nitrogens with zero attached hydrogens (tertiary/aromatic N) is 1. The Morgan fingerprint density at radius 1 is 0.750 bits per heavy atom. The first-order valence-corrected chi connectivity index (χ1v) is 9.27. The number of nitrogens with one attached hydrogen (secondary N) is 1. The van der Waals surface area contributed by atoms with Crippen LogP contribution in [0.1, 0.15) is 22.3 Å². The topological polar surface area (TPSA) is 49.4 Å². The van der Waals surface area contributed by atoms with Crippen molar-refractivity contribution in [3.8, 4) is 0 Å². The highest BCUT2D eigenvalue weighted by atomic mass is 16.2. The lowest BCUT2D eigenvalue weighted by Crippen LogP contribution is -2.39. The van der Waals surface area contributed by atoms with Gasteiger partial charge in [0.25, 0.3) is 0 Å². The summed E-state index contributed by atoms with van der Waals surface area (Å²) in [7, 11) is 0. The minimum absolute atomic E-state index is 0.370. The van der Waals surface area contributed by atoms with Crippen molar-refractivity contribution in [2.75, 3.05) is 5.32 Å². The first-order chi connectivity index (χ1) is 13.5. The Morgan fingerprint density at radius 3 is 1.68 bits per heavy atom. The maximum absolute atomic E-state index is 12.9. The quantitative estimate of drug-likeness (QED) is 0.672. The van der Waals surface area contributed by atoms with Gasteiger partial charge in [0.2, 0.25) is 0 Å². The Bertz CT molecular complexity index is 891. The third kappa shape index (κ3) is 5.30. The maximum atomic E-state index is 12.9. The number of rotatable bonds is 5. The molecule has 2 amide bonds. The molecule has 142 valence electrons. The van der Waals surface area contributed by atoms with E-state index in [0.717, 1.165) is 22.3 Å². The fourth-order valence-electron chi connectivity index (χ4n) is 3.18. The van der Waals surface area contributed by atoms with E-state index in [1.54, 1.807) is 4.90 Å². The van der Waals surface area contributed by atoms with E-state index in [4.69, 9.17) is 0 Å². The summed E-state index contributed by atoms with van der Waals surface area (Å²) >= 11 is 0. The Hall–Kier alpha value is -3.40. The first kappa shape index (κ1) is 19.4. The van der Waals surface area contributed by atoms with Gasteiger partial charge in [0, 0.05) is 18.8 Å². The number of hydrogen-bond acceptors (Lipinski definition) is 2. The molecule has 0 fully saturated rings. The zero-order valence-corrected chi connectivity index (χ0v) is 16.2. The van der Waals surface area contributed by atoms with E-state index in [1.165, 1.54) is 0 Å². The van der Waals surface area contributed by atoms with Gasteiger partial charge in [-0.25, -0.2) is 0 Å². The summed E-state index contributed by atoms with van der Waals surface area (Å²) in [5.41, 5.74) is 4.66. The molecule has 3 aromatic carbocycles. The summed E-state index contributed by atoms with van der Waals surface area (Å²) in [4.78, 5) is 27.2. The first-order valence-electron chi connectivity index (χ1n) is 9.27.